The standard InChI is InChI=1S/C16H10F4N4O/c17-11-3-1-8(5-10(11)16(18,19)20)12-7-23-15-14(24-12)9(6-22-15)2-4-13(21)25/h1-7H,(H2,21,25)(H,22,23)/b4-2+. The fourth-order valence-corrected chi connectivity index (χ4v) is 2.25. The van der Waals surface area contributed by atoms with E-state index < -0.39 is 23.5 Å². The molecule has 0 unspecified atom stereocenters. The maximum Gasteiger partial charge on any atom is 0.419 e. The molecular formula is C16H10F4N4O. The molecule has 25 heavy (non-hydrogen) atoms. The minimum Gasteiger partial charge on any atom is -0.366 e. The van der Waals surface area contributed by atoms with Gasteiger partial charge in [-0.3, -0.25) is 4.79 Å². The Bertz CT molecular complexity index is 991. The summed E-state index contributed by atoms with van der Waals surface area (Å²) in [6, 6.07) is 2.60. The number of aromatic nitrogens is 3. The Hall–Kier alpha value is -3.23. The van der Waals surface area contributed by atoms with E-state index in [-0.39, 0.29) is 11.3 Å². The van der Waals surface area contributed by atoms with Crippen LogP contribution < -0.4 is 5.73 Å². The molecule has 0 saturated heterocycles. The van der Waals surface area contributed by atoms with Gasteiger partial charge in [-0.1, -0.05) is 0 Å². The fraction of sp³-hybridized carbons (Fsp3) is 0.0625. The number of fused-ring (bicyclic) bond motifs is 1. The summed E-state index contributed by atoms with van der Waals surface area (Å²) in [4.78, 5) is 22.0. The number of alkyl halides is 3. The van der Waals surface area contributed by atoms with Crippen LogP contribution in [0.2, 0.25) is 0 Å². The molecule has 0 atom stereocenters. The second-order valence-corrected chi connectivity index (χ2v) is 5.12. The van der Waals surface area contributed by atoms with Crippen LogP contribution in [-0.4, -0.2) is 20.9 Å². The van der Waals surface area contributed by atoms with Crippen LogP contribution in [0.1, 0.15) is 11.1 Å². The first-order valence-corrected chi connectivity index (χ1v) is 6.94. The second kappa shape index (κ2) is 6.00. The van der Waals surface area contributed by atoms with Gasteiger partial charge in [0.1, 0.15) is 11.3 Å². The highest BCUT2D eigenvalue weighted by molar-refractivity contribution is 5.93. The van der Waals surface area contributed by atoms with Crippen LogP contribution in [0.15, 0.2) is 36.7 Å². The van der Waals surface area contributed by atoms with Crippen LogP contribution in [0.3, 0.4) is 0 Å². The molecule has 0 saturated carbocycles. The first-order valence-electron chi connectivity index (χ1n) is 6.94. The van der Waals surface area contributed by atoms with Crippen molar-refractivity contribution in [3.63, 3.8) is 0 Å². The zero-order valence-corrected chi connectivity index (χ0v) is 12.4. The molecule has 2 aromatic heterocycles. The molecule has 0 aliphatic carbocycles. The Morgan fingerprint density at radius 3 is 2.72 bits per heavy atom. The van der Waals surface area contributed by atoms with Crippen molar-refractivity contribution in [3.05, 3.63) is 53.6 Å². The molecule has 0 radical (unpaired) electrons. The highest BCUT2D eigenvalue weighted by Gasteiger charge is 2.34. The Balaban J connectivity index is 2.11. The van der Waals surface area contributed by atoms with E-state index in [2.05, 4.69) is 15.0 Å². The van der Waals surface area contributed by atoms with E-state index in [0.717, 1.165) is 12.1 Å². The van der Waals surface area contributed by atoms with Crippen molar-refractivity contribution in [3.8, 4) is 11.3 Å². The van der Waals surface area contributed by atoms with Gasteiger partial charge in [-0.25, -0.2) is 14.4 Å². The molecule has 3 rings (SSSR count). The van der Waals surface area contributed by atoms with Gasteiger partial charge in [-0.05, 0) is 24.3 Å². The molecule has 3 N–H and O–H groups in total. The number of primary amides is 1. The fourth-order valence-electron chi connectivity index (χ4n) is 2.25. The minimum absolute atomic E-state index is 0.0640. The smallest absolute Gasteiger partial charge is 0.366 e. The van der Waals surface area contributed by atoms with Gasteiger partial charge < -0.3 is 10.7 Å². The zero-order valence-electron chi connectivity index (χ0n) is 12.4. The number of nitrogens with zero attached hydrogens (tertiary/aromatic N) is 2. The maximum absolute atomic E-state index is 13.4. The zero-order chi connectivity index (χ0) is 18.2. The number of aromatic amines is 1. The van der Waals surface area contributed by atoms with Crippen LogP contribution >= 0.6 is 0 Å². The molecule has 0 aliphatic heterocycles. The third kappa shape index (κ3) is 3.35. The molecule has 3 aromatic rings. The lowest BCUT2D eigenvalue weighted by Gasteiger charge is -2.09. The van der Waals surface area contributed by atoms with Gasteiger partial charge in [0.25, 0.3) is 0 Å². The van der Waals surface area contributed by atoms with E-state index in [9.17, 15) is 22.4 Å². The quantitative estimate of drug-likeness (QED) is 0.562. The van der Waals surface area contributed by atoms with Crippen LogP contribution in [0.5, 0.6) is 0 Å². The van der Waals surface area contributed by atoms with Gasteiger partial charge in [0.15, 0.2) is 5.65 Å². The van der Waals surface area contributed by atoms with Crippen molar-refractivity contribution in [1.29, 1.82) is 0 Å². The molecule has 1 aromatic carbocycles. The van der Waals surface area contributed by atoms with Crippen molar-refractivity contribution in [2.75, 3.05) is 0 Å². The van der Waals surface area contributed by atoms with Crippen LogP contribution in [-0.2, 0) is 11.0 Å². The normalized spacial score (nSPS) is 12.2. The topological polar surface area (TPSA) is 84.7 Å². The van der Waals surface area contributed by atoms with E-state index in [1.165, 1.54) is 24.5 Å². The van der Waals surface area contributed by atoms with E-state index in [1.807, 2.05) is 0 Å². The summed E-state index contributed by atoms with van der Waals surface area (Å²) in [6.07, 6.45) is 0.511. The molecular weight excluding hydrogens is 340 g/mol. The summed E-state index contributed by atoms with van der Waals surface area (Å²) in [5, 5.41) is 0. The average Bonchev–Trinajstić information content (AvgIpc) is 2.94. The van der Waals surface area contributed by atoms with E-state index in [1.54, 1.807) is 0 Å². The summed E-state index contributed by atoms with van der Waals surface area (Å²) < 4.78 is 52.0. The summed E-state index contributed by atoms with van der Waals surface area (Å²) >= 11 is 0. The first kappa shape index (κ1) is 16.6. The van der Waals surface area contributed by atoms with Crippen LogP contribution in [0.4, 0.5) is 17.6 Å². The predicted molar refractivity (Wildman–Crippen MR) is 82.5 cm³/mol. The van der Waals surface area contributed by atoms with Gasteiger partial charge in [0, 0.05) is 23.4 Å². The maximum atomic E-state index is 13.4. The monoisotopic (exact) mass is 350 g/mol. The minimum atomic E-state index is -4.82. The molecule has 0 spiro atoms. The van der Waals surface area contributed by atoms with Gasteiger partial charge in [0.2, 0.25) is 5.91 Å². The summed E-state index contributed by atoms with van der Waals surface area (Å²) in [6.45, 7) is 0. The highest BCUT2D eigenvalue weighted by atomic mass is 19.4. The largest absolute Gasteiger partial charge is 0.419 e. The Morgan fingerprint density at radius 2 is 2.04 bits per heavy atom. The van der Waals surface area contributed by atoms with E-state index >= 15 is 0 Å². The number of nitrogens with one attached hydrogen (secondary N) is 1. The van der Waals surface area contributed by atoms with Gasteiger partial charge >= 0.3 is 6.18 Å². The second-order valence-electron chi connectivity index (χ2n) is 5.12. The Kier molecular flexibility index (Phi) is 3.99. The number of H-pyrrole nitrogens is 1. The molecule has 0 aliphatic rings. The lowest BCUT2D eigenvalue weighted by molar-refractivity contribution is -0.139. The number of benzene rings is 1. The van der Waals surface area contributed by atoms with E-state index in [4.69, 9.17) is 5.73 Å². The van der Waals surface area contributed by atoms with Crippen molar-refractivity contribution < 1.29 is 22.4 Å². The van der Waals surface area contributed by atoms with Crippen LogP contribution in [0.25, 0.3) is 28.5 Å². The number of carbonyl (C=O) groups is 1. The number of halogens is 4. The number of hydrogen-bond acceptors (Lipinski definition) is 3. The highest BCUT2D eigenvalue weighted by Crippen LogP contribution is 2.34. The van der Waals surface area contributed by atoms with Crippen molar-refractivity contribution in [1.82, 2.24) is 15.0 Å². The van der Waals surface area contributed by atoms with Gasteiger partial charge in [0.05, 0.1) is 17.5 Å². The van der Waals surface area contributed by atoms with Crippen molar-refractivity contribution in [2.45, 2.75) is 6.18 Å². The predicted octanol–water partition coefficient (Wildman–Crippen LogP) is 3.28. The van der Waals surface area contributed by atoms with E-state index in [0.29, 0.717) is 22.8 Å². The number of rotatable bonds is 3. The number of amides is 1. The molecule has 2 heterocycles. The third-order valence-electron chi connectivity index (χ3n) is 3.41. The summed E-state index contributed by atoms with van der Waals surface area (Å²) in [5.74, 6) is -2.02. The molecule has 9 heteroatoms. The Morgan fingerprint density at radius 1 is 1.28 bits per heavy atom. The lowest BCUT2D eigenvalue weighted by Crippen LogP contribution is -2.08. The average molecular weight is 350 g/mol. The number of nitrogens with two attached hydrogens (primary N) is 1. The molecule has 5 nitrogen and oxygen atoms in total. The molecule has 1 amide bonds. The van der Waals surface area contributed by atoms with Crippen LogP contribution in [0, 0.1) is 5.82 Å². The summed E-state index contributed by atoms with van der Waals surface area (Å²) in [7, 11) is 0. The van der Waals surface area contributed by atoms with Gasteiger partial charge in [-0.2, -0.15) is 13.2 Å². The van der Waals surface area contributed by atoms with Crippen molar-refractivity contribution in [2.24, 2.45) is 5.73 Å². The Labute approximate surface area is 138 Å². The van der Waals surface area contributed by atoms with Gasteiger partial charge in [-0.15, -0.1) is 0 Å². The SMILES string of the molecule is NC(=O)/C=C/c1c[nH]c2ncc(-c3ccc(F)c(C(F)(F)F)c3)nc12. The lowest BCUT2D eigenvalue weighted by atomic mass is 10.1. The molecule has 0 fully saturated rings. The molecule has 0 bridgehead atoms. The first-order chi connectivity index (χ1) is 11.8. The third-order valence-corrected chi connectivity index (χ3v) is 3.41. The van der Waals surface area contributed by atoms with Crippen molar-refractivity contribution >= 4 is 23.1 Å². The molecule has 128 valence electrons. The summed E-state index contributed by atoms with van der Waals surface area (Å²) in [5.41, 5.74) is 5.06. The number of hydrogen-bond donors (Lipinski definition) is 2. The number of carbonyl (C=O) groups excluding carboxylic acids is 1.